The molecule has 1 aromatic carbocycles. The zero-order valence-corrected chi connectivity index (χ0v) is 14.2. The monoisotopic (exact) mass is 350 g/mol. The van der Waals surface area contributed by atoms with Crippen molar-refractivity contribution in [2.45, 2.75) is 17.9 Å². The topological polar surface area (TPSA) is 93.5 Å². The lowest BCUT2D eigenvalue weighted by Gasteiger charge is -2.28. The van der Waals surface area contributed by atoms with E-state index in [0.717, 1.165) is 11.1 Å². The van der Waals surface area contributed by atoms with Gasteiger partial charge in [0.05, 0.1) is 13.3 Å². The van der Waals surface area contributed by atoms with Crippen molar-refractivity contribution in [3.63, 3.8) is 0 Å². The number of hydrogen-bond acceptors (Lipinski definition) is 5. The van der Waals surface area contributed by atoms with Crippen molar-refractivity contribution in [1.29, 1.82) is 0 Å². The van der Waals surface area contributed by atoms with Crippen molar-refractivity contribution in [2.75, 3.05) is 18.4 Å². The number of sulfonamides is 1. The third kappa shape index (κ3) is 3.21. The first-order valence-electron chi connectivity index (χ1n) is 7.35. The van der Waals surface area contributed by atoms with Crippen LogP contribution < -0.4 is 4.72 Å². The van der Waals surface area contributed by atoms with Crippen LogP contribution in [0.15, 0.2) is 35.5 Å². The molecule has 128 valence electrons. The highest BCUT2D eigenvalue weighted by atomic mass is 32.2. The molecule has 2 aromatic rings. The molecular weight excluding hydrogens is 332 g/mol. The zero-order valence-electron chi connectivity index (χ0n) is 13.4. The third-order valence-corrected chi connectivity index (χ3v) is 5.23. The van der Waals surface area contributed by atoms with E-state index in [9.17, 15) is 13.2 Å². The van der Waals surface area contributed by atoms with Gasteiger partial charge in [0.15, 0.2) is 0 Å². The smallest absolute Gasteiger partial charge is 0.409 e. The van der Waals surface area contributed by atoms with Gasteiger partial charge in [-0.15, -0.1) is 0 Å². The number of hydrogen-bond donors (Lipinski definition) is 1. The molecule has 0 bridgehead atoms. The van der Waals surface area contributed by atoms with Gasteiger partial charge in [0.25, 0.3) is 10.0 Å². The predicted octanol–water partition coefficient (Wildman–Crippen LogP) is 1.35. The number of methoxy groups -OCH3 is 1. The van der Waals surface area contributed by atoms with Gasteiger partial charge >= 0.3 is 6.09 Å². The molecule has 8 nitrogen and oxygen atoms in total. The number of benzene rings is 1. The van der Waals surface area contributed by atoms with Gasteiger partial charge in [-0.3, -0.25) is 9.40 Å². The van der Waals surface area contributed by atoms with Crippen LogP contribution in [0.3, 0.4) is 0 Å². The minimum Gasteiger partial charge on any atom is -0.453 e. The summed E-state index contributed by atoms with van der Waals surface area (Å²) in [7, 11) is -0.696. The van der Waals surface area contributed by atoms with Gasteiger partial charge in [0.1, 0.15) is 4.90 Å². The van der Waals surface area contributed by atoms with Gasteiger partial charge in [-0.05, 0) is 29.7 Å². The van der Waals surface area contributed by atoms with E-state index in [-0.39, 0.29) is 11.0 Å². The van der Waals surface area contributed by atoms with Crippen molar-refractivity contribution in [2.24, 2.45) is 7.05 Å². The number of carbonyl (C=O) groups is 1. The Labute approximate surface area is 140 Å². The normalized spacial score (nSPS) is 14.2. The Hall–Kier alpha value is -2.55. The van der Waals surface area contributed by atoms with E-state index in [2.05, 4.69) is 9.82 Å². The number of nitrogens with one attached hydrogen (secondary N) is 1. The van der Waals surface area contributed by atoms with Crippen LogP contribution in [-0.2, 0) is 34.8 Å². The van der Waals surface area contributed by atoms with Crippen molar-refractivity contribution in [1.82, 2.24) is 14.7 Å². The molecule has 0 saturated heterocycles. The largest absolute Gasteiger partial charge is 0.453 e. The van der Waals surface area contributed by atoms with Crippen molar-refractivity contribution in [3.8, 4) is 0 Å². The van der Waals surface area contributed by atoms with E-state index >= 15 is 0 Å². The fourth-order valence-corrected chi connectivity index (χ4v) is 3.69. The van der Waals surface area contributed by atoms with Crippen LogP contribution in [0.5, 0.6) is 0 Å². The summed E-state index contributed by atoms with van der Waals surface area (Å²) in [5.41, 5.74) is 2.45. The molecule has 1 aliphatic heterocycles. The third-order valence-electron chi connectivity index (χ3n) is 3.90. The molecule has 3 rings (SSSR count). The summed E-state index contributed by atoms with van der Waals surface area (Å²) >= 11 is 0. The lowest BCUT2D eigenvalue weighted by molar-refractivity contribution is 0.118. The molecule has 0 spiro atoms. The van der Waals surface area contributed by atoms with Crippen molar-refractivity contribution in [3.05, 3.63) is 41.7 Å². The number of nitrogens with zero attached hydrogens (tertiary/aromatic N) is 3. The molecule has 1 N–H and O–H groups in total. The summed E-state index contributed by atoms with van der Waals surface area (Å²) in [5, 5.41) is 3.87. The first-order chi connectivity index (χ1) is 11.4. The van der Waals surface area contributed by atoms with Crippen LogP contribution in [0.2, 0.25) is 0 Å². The van der Waals surface area contributed by atoms with Gasteiger partial charge in [-0.1, -0.05) is 6.07 Å². The number of carbonyl (C=O) groups excluding carboxylic acids is 1. The maximum Gasteiger partial charge on any atom is 0.409 e. The second kappa shape index (κ2) is 6.16. The maximum atomic E-state index is 12.4. The number of aromatic nitrogens is 2. The highest BCUT2D eigenvalue weighted by molar-refractivity contribution is 7.92. The molecule has 2 heterocycles. The van der Waals surface area contributed by atoms with E-state index in [1.807, 2.05) is 6.07 Å². The highest BCUT2D eigenvalue weighted by Crippen LogP contribution is 2.24. The summed E-state index contributed by atoms with van der Waals surface area (Å²) in [4.78, 5) is 13.3. The molecule has 0 radical (unpaired) electrons. The minimum absolute atomic E-state index is 0.0962. The van der Waals surface area contributed by atoms with Gasteiger partial charge < -0.3 is 9.64 Å². The van der Waals surface area contributed by atoms with Gasteiger partial charge in [-0.25, -0.2) is 13.2 Å². The fraction of sp³-hybridized carbons (Fsp3) is 0.333. The van der Waals surface area contributed by atoms with Crippen LogP contribution in [0, 0.1) is 0 Å². The van der Waals surface area contributed by atoms with Crippen LogP contribution in [-0.4, -0.2) is 42.8 Å². The Morgan fingerprint density at radius 1 is 1.33 bits per heavy atom. The van der Waals surface area contributed by atoms with Crippen LogP contribution >= 0.6 is 0 Å². The second-order valence-electron chi connectivity index (χ2n) is 5.58. The number of ether oxygens (including phenoxy) is 1. The summed E-state index contributed by atoms with van der Waals surface area (Å²) in [6.45, 7) is 0.977. The van der Waals surface area contributed by atoms with Gasteiger partial charge in [0, 0.05) is 32.0 Å². The molecule has 0 atom stereocenters. The second-order valence-corrected chi connectivity index (χ2v) is 7.26. The quantitative estimate of drug-likeness (QED) is 0.902. The lowest BCUT2D eigenvalue weighted by Crippen LogP contribution is -2.35. The molecule has 9 heteroatoms. The van der Waals surface area contributed by atoms with E-state index < -0.39 is 10.0 Å². The van der Waals surface area contributed by atoms with Gasteiger partial charge in [-0.2, -0.15) is 5.10 Å². The Kier molecular flexibility index (Phi) is 4.18. The number of rotatable bonds is 3. The summed E-state index contributed by atoms with van der Waals surface area (Å²) in [6.07, 6.45) is 3.04. The van der Waals surface area contributed by atoms with Crippen molar-refractivity contribution >= 4 is 21.8 Å². The Morgan fingerprint density at radius 3 is 2.79 bits per heavy atom. The highest BCUT2D eigenvalue weighted by Gasteiger charge is 2.22. The molecule has 0 saturated carbocycles. The fourth-order valence-electron chi connectivity index (χ4n) is 2.66. The van der Waals surface area contributed by atoms with Crippen LogP contribution in [0.1, 0.15) is 11.1 Å². The average molecular weight is 350 g/mol. The zero-order chi connectivity index (χ0) is 17.3. The number of fused-ring (bicyclic) bond motifs is 1. The summed E-state index contributed by atoms with van der Waals surface area (Å²) < 4.78 is 33.4. The molecule has 1 aliphatic rings. The Balaban J connectivity index is 1.83. The standard InChI is InChI=1S/C15H18N4O4S/c1-18-10-14(8-16-18)24(21,22)17-13-4-3-11-5-6-19(15(20)23-2)9-12(11)7-13/h3-4,7-8,10,17H,5-6,9H2,1-2H3. The number of amides is 1. The molecule has 1 amide bonds. The molecular formula is C15H18N4O4S. The Morgan fingerprint density at radius 2 is 2.12 bits per heavy atom. The molecule has 0 aliphatic carbocycles. The average Bonchev–Trinajstić information content (AvgIpc) is 3.00. The van der Waals surface area contributed by atoms with Gasteiger partial charge in [0.2, 0.25) is 0 Å². The SMILES string of the molecule is COC(=O)N1CCc2ccc(NS(=O)(=O)c3cnn(C)c3)cc2C1. The summed E-state index contributed by atoms with van der Waals surface area (Å²) in [6, 6.07) is 5.35. The maximum absolute atomic E-state index is 12.4. The number of aryl methyl sites for hydroxylation is 1. The molecule has 0 unspecified atom stereocenters. The first-order valence-corrected chi connectivity index (χ1v) is 8.83. The van der Waals surface area contributed by atoms with E-state index in [1.165, 1.54) is 24.2 Å². The van der Waals surface area contributed by atoms with E-state index in [0.29, 0.717) is 25.2 Å². The lowest BCUT2D eigenvalue weighted by atomic mass is 9.99. The summed E-state index contributed by atoms with van der Waals surface area (Å²) in [5.74, 6) is 0. The predicted molar refractivity (Wildman–Crippen MR) is 87.0 cm³/mol. The molecule has 0 fully saturated rings. The minimum atomic E-state index is -3.69. The van der Waals surface area contributed by atoms with E-state index in [1.54, 1.807) is 24.1 Å². The van der Waals surface area contributed by atoms with E-state index in [4.69, 9.17) is 4.74 Å². The van der Waals surface area contributed by atoms with Crippen LogP contribution in [0.4, 0.5) is 10.5 Å². The molecule has 1 aromatic heterocycles. The Bertz CT molecular complexity index is 875. The van der Waals surface area contributed by atoms with Crippen LogP contribution in [0.25, 0.3) is 0 Å². The first kappa shape index (κ1) is 16.3. The van der Waals surface area contributed by atoms with Crippen molar-refractivity contribution < 1.29 is 17.9 Å². The molecule has 24 heavy (non-hydrogen) atoms. The number of anilines is 1.